The van der Waals surface area contributed by atoms with Crippen LogP contribution in [0.3, 0.4) is 0 Å². The second kappa shape index (κ2) is 5.41. The zero-order chi connectivity index (χ0) is 11.3. The highest BCUT2D eigenvalue weighted by atomic mass is 16.5. The van der Waals surface area contributed by atoms with E-state index >= 15 is 0 Å². The number of nitrogens with zero attached hydrogens (tertiary/aromatic N) is 1. The van der Waals surface area contributed by atoms with Crippen molar-refractivity contribution in [3.8, 4) is 11.8 Å². The van der Waals surface area contributed by atoms with E-state index in [-0.39, 0.29) is 5.92 Å². The quantitative estimate of drug-likeness (QED) is 0.751. The number of nitriles is 1. The molecule has 0 aromatic heterocycles. The van der Waals surface area contributed by atoms with Crippen molar-refractivity contribution in [2.75, 3.05) is 7.11 Å². The van der Waals surface area contributed by atoms with E-state index < -0.39 is 0 Å². The maximum Gasteiger partial charge on any atom is 0.119 e. The number of benzene rings is 1. The van der Waals surface area contributed by atoms with Crippen LogP contribution in [0.15, 0.2) is 24.3 Å². The minimum absolute atomic E-state index is 0.0277. The zero-order valence-electron chi connectivity index (χ0n) is 9.53. The Labute approximate surface area is 91.5 Å². The van der Waals surface area contributed by atoms with Gasteiger partial charge in [-0.3, -0.25) is 0 Å². The number of rotatable bonds is 4. The standard InChI is InChI=1S/C13H17NO/c1-10(2)7-12(9-14)11-5-4-6-13(8-11)15-3/h4-6,8,10,12H,7H2,1-3H3. The third-order valence-corrected chi connectivity index (χ3v) is 2.36. The molecule has 0 fully saturated rings. The van der Waals surface area contributed by atoms with Gasteiger partial charge in [0.1, 0.15) is 5.75 Å². The minimum Gasteiger partial charge on any atom is -0.497 e. The average molecular weight is 203 g/mol. The van der Waals surface area contributed by atoms with Gasteiger partial charge >= 0.3 is 0 Å². The van der Waals surface area contributed by atoms with Crippen molar-refractivity contribution in [1.29, 1.82) is 5.26 Å². The summed E-state index contributed by atoms with van der Waals surface area (Å²) in [6.45, 7) is 4.26. The predicted octanol–water partition coefficient (Wildman–Crippen LogP) is 3.35. The molecule has 1 unspecified atom stereocenters. The second-order valence-corrected chi connectivity index (χ2v) is 4.09. The van der Waals surface area contributed by atoms with Crippen LogP contribution in [0.25, 0.3) is 0 Å². The Bertz CT molecular complexity index is 352. The zero-order valence-corrected chi connectivity index (χ0v) is 9.53. The van der Waals surface area contributed by atoms with Crippen LogP contribution >= 0.6 is 0 Å². The first-order chi connectivity index (χ1) is 7.17. The van der Waals surface area contributed by atoms with Crippen LogP contribution in [0, 0.1) is 17.2 Å². The Hall–Kier alpha value is -1.49. The fraction of sp³-hybridized carbons (Fsp3) is 0.462. The summed E-state index contributed by atoms with van der Waals surface area (Å²) < 4.78 is 5.15. The van der Waals surface area contributed by atoms with E-state index in [0.29, 0.717) is 5.92 Å². The molecule has 1 aromatic carbocycles. The van der Waals surface area contributed by atoms with E-state index in [1.165, 1.54) is 0 Å². The first kappa shape index (κ1) is 11.6. The van der Waals surface area contributed by atoms with E-state index in [1.807, 2.05) is 24.3 Å². The molecule has 15 heavy (non-hydrogen) atoms. The molecule has 0 heterocycles. The molecule has 2 heteroatoms. The summed E-state index contributed by atoms with van der Waals surface area (Å²) in [4.78, 5) is 0. The van der Waals surface area contributed by atoms with E-state index in [4.69, 9.17) is 10.00 Å². The lowest BCUT2D eigenvalue weighted by Gasteiger charge is -2.12. The third kappa shape index (κ3) is 3.28. The Kier molecular flexibility index (Phi) is 4.17. The summed E-state index contributed by atoms with van der Waals surface area (Å²) >= 11 is 0. The van der Waals surface area contributed by atoms with Crippen molar-refractivity contribution in [2.45, 2.75) is 26.2 Å². The molecule has 0 spiro atoms. The fourth-order valence-electron chi connectivity index (χ4n) is 1.59. The molecule has 0 bridgehead atoms. The van der Waals surface area contributed by atoms with E-state index in [9.17, 15) is 0 Å². The smallest absolute Gasteiger partial charge is 0.119 e. The Morgan fingerprint density at radius 2 is 2.13 bits per heavy atom. The molecule has 1 rings (SSSR count). The minimum atomic E-state index is -0.0277. The van der Waals surface area contributed by atoms with Crippen molar-refractivity contribution < 1.29 is 4.74 Å². The molecule has 0 N–H and O–H groups in total. The van der Waals surface area contributed by atoms with E-state index in [0.717, 1.165) is 17.7 Å². The lowest BCUT2D eigenvalue weighted by atomic mass is 9.91. The first-order valence-electron chi connectivity index (χ1n) is 5.21. The van der Waals surface area contributed by atoms with Gasteiger partial charge in [0, 0.05) is 0 Å². The average Bonchev–Trinajstić information content (AvgIpc) is 2.25. The normalized spacial score (nSPS) is 12.2. The molecule has 0 radical (unpaired) electrons. The summed E-state index contributed by atoms with van der Waals surface area (Å²) in [5, 5.41) is 9.10. The van der Waals surface area contributed by atoms with Gasteiger partial charge in [-0.1, -0.05) is 26.0 Å². The van der Waals surface area contributed by atoms with E-state index in [1.54, 1.807) is 7.11 Å². The molecule has 0 amide bonds. The van der Waals surface area contributed by atoms with Crippen molar-refractivity contribution in [3.63, 3.8) is 0 Å². The maximum atomic E-state index is 9.10. The van der Waals surface area contributed by atoms with Crippen LogP contribution in [0.1, 0.15) is 31.7 Å². The SMILES string of the molecule is COc1cccc(C(C#N)CC(C)C)c1. The molecule has 80 valence electrons. The third-order valence-electron chi connectivity index (χ3n) is 2.36. The van der Waals surface area contributed by atoms with Crippen LogP contribution in [0.5, 0.6) is 5.75 Å². The van der Waals surface area contributed by atoms with Crippen molar-refractivity contribution in [1.82, 2.24) is 0 Å². The van der Waals surface area contributed by atoms with Gasteiger partial charge in [0.15, 0.2) is 0 Å². The van der Waals surface area contributed by atoms with Crippen LogP contribution in [0.2, 0.25) is 0 Å². The Balaban J connectivity index is 2.87. The molecule has 1 atom stereocenters. The van der Waals surface area contributed by atoms with Crippen LogP contribution < -0.4 is 4.74 Å². The van der Waals surface area contributed by atoms with Crippen molar-refractivity contribution in [3.05, 3.63) is 29.8 Å². The summed E-state index contributed by atoms with van der Waals surface area (Å²) in [6.07, 6.45) is 0.893. The highest BCUT2D eigenvalue weighted by Crippen LogP contribution is 2.25. The van der Waals surface area contributed by atoms with Gasteiger partial charge in [0.05, 0.1) is 19.1 Å². The lowest BCUT2D eigenvalue weighted by Crippen LogP contribution is -2.00. The summed E-state index contributed by atoms with van der Waals surface area (Å²) in [5.74, 6) is 1.32. The van der Waals surface area contributed by atoms with Crippen molar-refractivity contribution in [2.24, 2.45) is 5.92 Å². The van der Waals surface area contributed by atoms with Gasteiger partial charge in [-0.25, -0.2) is 0 Å². The molecule has 0 aliphatic rings. The number of hydrogen-bond acceptors (Lipinski definition) is 2. The molecule has 1 aromatic rings. The predicted molar refractivity (Wildman–Crippen MR) is 60.8 cm³/mol. The Morgan fingerprint density at radius 1 is 1.40 bits per heavy atom. The number of methoxy groups -OCH3 is 1. The van der Waals surface area contributed by atoms with Crippen LogP contribution in [0.4, 0.5) is 0 Å². The van der Waals surface area contributed by atoms with E-state index in [2.05, 4.69) is 19.9 Å². The maximum absolute atomic E-state index is 9.10. The number of hydrogen-bond donors (Lipinski definition) is 0. The molecular formula is C13H17NO. The fourth-order valence-corrected chi connectivity index (χ4v) is 1.59. The topological polar surface area (TPSA) is 33.0 Å². The lowest BCUT2D eigenvalue weighted by molar-refractivity contribution is 0.413. The Morgan fingerprint density at radius 3 is 2.67 bits per heavy atom. The molecule has 2 nitrogen and oxygen atoms in total. The van der Waals surface area contributed by atoms with Crippen LogP contribution in [-0.2, 0) is 0 Å². The summed E-state index contributed by atoms with van der Waals surface area (Å²) in [5.41, 5.74) is 1.05. The van der Waals surface area contributed by atoms with Crippen molar-refractivity contribution >= 4 is 0 Å². The summed E-state index contributed by atoms with van der Waals surface area (Å²) in [6, 6.07) is 10.1. The van der Waals surface area contributed by atoms with Gasteiger partial charge in [0.2, 0.25) is 0 Å². The molecule has 0 aliphatic carbocycles. The molecule has 0 aliphatic heterocycles. The largest absolute Gasteiger partial charge is 0.497 e. The van der Waals surface area contributed by atoms with Gasteiger partial charge in [-0.2, -0.15) is 5.26 Å². The van der Waals surface area contributed by atoms with Gasteiger partial charge in [0.25, 0.3) is 0 Å². The molecule has 0 saturated carbocycles. The highest BCUT2D eigenvalue weighted by molar-refractivity contribution is 5.33. The molecule has 0 saturated heterocycles. The van der Waals surface area contributed by atoms with Gasteiger partial charge in [-0.05, 0) is 30.0 Å². The second-order valence-electron chi connectivity index (χ2n) is 4.09. The van der Waals surface area contributed by atoms with Gasteiger partial charge < -0.3 is 4.74 Å². The molecular weight excluding hydrogens is 186 g/mol. The monoisotopic (exact) mass is 203 g/mol. The highest BCUT2D eigenvalue weighted by Gasteiger charge is 2.12. The first-order valence-corrected chi connectivity index (χ1v) is 5.21. The van der Waals surface area contributed by atoms with Crippen LogP contribution in [-0.4, -0.2) is 7.11 Å². The number of ether oxygens (including phenoxy) is 1. The van der Waals surface area contributed by atoms with Gasteiger partial charge in [-0.15, -0.1) is 0 Å². The summed E-state index contributed by atoms with van der Waals surface area (Å²) in [7, 11) is 1.64.